The van der Waals surface area contributed by atoms with Crippen LogP contribution in [0.2, 0.25) is 0 Å². The Morgan fingerprint density at radius 2 is 1.94 bits per heavy atom. The lowest BCUT2D eigenvalue weighted by Gasteiger charge is -2.23. The second kappa shape index (κ2) is 6.13. The van der Waals surface area contributed by atoms with Crippen LogP contribution in [0, 0.1) is 5.92 Å². The predicted molar refractivity (Wildman–Crippen MR) is 65.2 cm³/mol. The molecule has 92 valence electrons. The van der Waals surface area contributed by atoms with E-state index in [9.17, 15) is 9.59 Å². The molecule has 17 heavy (non-hydrogen) atoms. The number of Topliss-reactive ketones (excluding diaryl/α,β-unsaturated/α-hetero) is 1. The van der Waals surface area contributed by atoms with Gasteiger partial charge in [0, 0.05) is 25.5 Å². The molecule has 0 saturated heterocycles. The normalized spacial score (nSPS) is 11.9. The summed E-state index contributed by atoms with van der Waals surface area (Å²) in [6, 6.07) is 3.74. The van der Waals surface area contributed by atoms with Crippen molar-refractivity contribution >= 4 is 11.7 Å². The van der Waals surface area contributed by atoms with Crippen molar-refractivity contribution in [3.63, 3.8) is 0 Å². The third-order valence-electron chi connectivity index (χ3n) is 2.80. The van der Waals surface area contributed by atoms with Gasteiger partial charge < -0.3 is 4.90 Å². The van der Waals surface area contributed by atoms with Gasteiger partial charge in [0.05, 0.1) is 5.92 Å². The molecular weight excluding hydrogens is 216 g/mol. The number of hydrogen-bond donors (Lipinski definition) is 0. The van der Waals surface area contributed by atoms with Crippen molar-refractivity contribution in [2.75, 3.05) is 6.54 Å². The lowest BCUT2D eigenvalue weighted by molar-refractivity contribution is -0.140. The first-order valence-corrected chi connectivity index (χ1v) is 5.74. The maximum Gasteiger partial charge on any atom is 0.233 e. The van der Waals surface area contributed by atoms with Crippen LogP contribution in [-0.4, -0.2) is 28.1 Å². The van der Waals surface area contributed by atoms with E-state index in [1.165, 1.54) is 6.92 Å². The fourth-order valence-corrected chi connectivity index (χ4v) is 1.50. The summed E-state index contributed by atoms with van der Waals surface area (Å²) in [4.78, 5) is 28.8. The molecule has 0 aliphatic carbocycles. The van der Waals surface area contributed by atoms with Crippen molar-refractivity contribution in [3.05, 3.63) is 30.1 Å². The molecule has 4 heteroatoms. The molecule has 1 rings (SSSR count). The zero-order valence-electron chi connectivity index (χ0n) is 10.5. The van der Waals surface area contributed by atoms with Crippen molar-refractivity contribution < 1.29 is 9.59 Å². The Bertz CT molecular complexity index is 390. The Morgan fingerprint density at radius 1 is 1.35 bits per heavy atom. The topological polar surface area (TPSA) is 50.3 Å². The summed E-state index contributed by atoms with van der Waals surface area (Å²) >= 11 is 0. The molecule has 1 aromatic rings. The second-order valence-electron chi connectivity index (χ2n) is 4.04. The van der Waals surface area contributed by atoms with E-state index in [0.29, 0.717) is 13.1 Å². The zero-order valence-corrected chi connectivity index (χ0v) is 10.5. The fourth-order valence-electron chi connectivity index (χ4n) is 1.50. The molecule has 1 aromatic heterocycles. The van der Waals surface area contributed by atoms with E-state index in [2.05, 4.69) is 4.98 Å². The number of aromatic nitrogens is 1. The minimum Gasteiger partial charge on any atom is -0.338 e. The summed E-state index contributed by atoms with van der Waals surface area (Å²) in [6.45, 7) is 6.13. The number of amides is 1. The van der Waals surface area contributed by atoms with Gasteiger partial charge in [0.15, 0.2) is 0 Å². The molecule has 0 aliphatic heterocycles. The Balaban J connectivity index is 2.72. The number of pyridine rings is 1. The third kappa shape index (κ3) is 3.66. The molecule has 1 atom stereocenters. The molecule has 0 radical (unpaired) electrons. The number of hydrogen-bond acceptors (Lipinski definition) is 3. The lowest BCUT2D eigenvalue weighted by Crippen LogP contribution is -2.37. The maximum atomic E-state index is 12.0. The monoisotopic (exact) mass is 234 g/mol. The predicted octanol–water partition coefficient (Wildman–Crippen LogP) is 1.66. The molecule has 0 spiro atoms. The highest BCUT2D eigenvalue weighted by molar-refractivity contribution is 5.99. The number of carbonyl (C=O) groups is 2. The highest BCUT2D eigenvalue weighted by atomic mass is 16.2. The van der Waals surface area contributed by atoms with Crippen molar-refractivity contribution in [3.8, 4) is 0 Å². The van der Waals surface area contributed by atoms with Crippen LogP contribution >= 0.6 is 0 Å². The van der Waals surface area contributed by atoms with Gasteiger partial charge >= 0.3 is 0 Å². The Hall–Kier alpha value is -1.71. The van der Waals surface area contributed by atoms with E-state index < -0.39 is 5.92 Å². The van der Waals surface area contributed by atoms with Crippen molar-refractivity contribution in [2.24, 2.45) is 5.92 Å². The van der Waals surface area contributed by atoms with Gasteiger partial charge in [-0.25, -0.2) is 0 Å². The van der Waals surface area contributed by atoms with Gasteiger partial charge in [0.25, 0.3) is 0 Å². The number of ketones is 1. The van der Waals surface area contributed by atoms with Crippen molar-refractivity contribution in [1.82, 2.24) is 9.88 Å². The molecule has 0 N–H and O–H groups in total. The molecular formula is C13H18N2O2. The molecule has 0 fully saturated rings. The average Bonchev–Trinajstić information content (AvgIpc) is 2.35. The van der Waals surface area contributed by atoms with Crippen LogP contribution in [-0.2, 0) is 16.1 Å². The third-order valence-corrected chi connectivity index (χ3v) is 2.80. The average molecular weight is 234 g/mol. The van der Waals surface area contributed by atoms with E-state index in [1.54, 1.807) is 24.2 Å². The standard InChI is InChI=1S/C13H18N2O2/c1-4-15(13(17)10(2)11(3)16)9-12-5-7-14-8-6-12/h5-8,10H,4,9H2,1-3H3. The molecule has 0 bridgehead atoms. The Labute approximate surface area is 102 Å². The van der Waals surface area contributed by atoms with Crippen LogP contribution in [0.3, 0.4) is 0 Å². The Morgan fingerprint density at radius 3 is 2.41 bits per heavy atom. The van der Waals surface area contributed by atoms with Gasteiger partial charge in [-0.05, 0) is 38.5 Å². The second-order valence-corrected chi connectivity index (χ2v) is 4.04. The first kappa shape index (κ1) is 13.4. The van der Waals surface area contributed by atoms with Gasteiger partial charge in [0.1, 0.15) is 5.78 Å². The van der Waals surface area contributed by atoms with Crippen LogP contribution in [0.25, 0.3) is 0 Å². The molecule has 0 saturated carbocycles. The lowest BCUT2D eigenvalue weighted by atomic mass is 10.1. The quantitative estimate of drug-likeness (QED) is 0.728. The number of nitrogens with zero attached hydrogens (tertiary/aromatic N) is 2. The van der Waals surface area contributed by atoms with Gasteiger partial charge in [0.2, 0.25) is 5.91 Å². The molecule has 0 aromatic carbocycles. The zero-order chi connectivity index (χ0) is 12.8. The minimum atomic E-state index is -0.559. The van der Waals surface area contributed by atoms with Crippen LogP contribution in [0.15, 0.2) is 24.5 Å². The number of carbonyl (C=O) groups excluding carboxylic acids is 2. The summed E-state index contributed by atoms with van der Waals surface area (Å²) in [6.07, 6.45) is 3.39. The number of rotatable bonds is 5. The highest BCUT2D eigenvalue weighted by Crippen LogP contribution is 2.09. The molecule has 0 aliphatic rings. The maximum absolute atomic E-state index is 12.0. The van der Waals surface area contributed by atoms with E-state index in [-0.39, 0.29) is 11.7 Å². The van der Waals surface area contributed by atoms with Gasteiger partial charge in [-0.15, -0.1) is 0 Å². The van der Waals surface area contributed by atoms with Crippen LogP contribution < -0.4 is 0 Å². The van der Waals surface area contributed by atoms with Crippen LogP contribution in [0.1, 0.15) is 26.3 Å². The molecule has 1 unspecified atom stereocenters. The van der Waals surface area contributed by atoms with E-state index >= 15 is 0 Å². The van der Waals surface area contributed by atoms with Crippen LogP contribution in [0.5, 0.6) is 0 Å². The Kier molecular flexibility index (Phi) is 4.82. The smallest absolute Gasteiger partial charge is 0.233 e. The van der Waals surface area contributed by atoms with E-state index in [1.807, 2.05) is 19.1 Å². The van der Waals surface area contributed by atoms with E-state index in [0.717, 1.165) is 5.56 Å². The summed E-state index contributed by atoms with van der Waals surface area (Å²) in [5.41, 5.74) is 1.02. The SMILES string of the molecule is CCN(Cc1ccncc1)C(=O)C(C)C(C)=O. The molecule has 1 heterocycles. The van der Waals surface area contributed by atoms with Crippen molar-refractivity contribution in [2.45, 2.75) is 27.3 Å². The van der Waals surface area contributed by atoms with Gasteiger partial charge in [-0.2, -0.15) is 0 Å². The fraction of sp³-hybridized carbons (Fsp3) is 0.462. The van der Waals surface area contributed by atoms with Crippen LogP contribution in [0.4, 0.5) is 0 Å². The molecule has 1 amide bonds. The summed E-state index contributed by atoms with van der Waals surface area (Å²) in [7, 11) is 0. The van der Waals surface area contributed by atoms with Gasteiger partial charge in [-0.1, -0.05) is 0 Å². The largest absolute Gasteiger partial charge is 0.338 e. The molecule has 4 nitrogen and oxygen atoms in total. The summed E-state index contributed by atoms with van der Waals surface area (Å²) in [5.74, 6) is -0.767. The van der Waals surface area contributed by atoms with Crippen molar-refractivity contribution in [1.29, 1.82) is 0 Å². The summed E-state index contributed by atoms with van der Waals surface area (Å²) in [5, 5.41) is 0. The highest BCUT2D eigenvalue weighted by Gasteiger charge is 2.22. The first-order chi connectivity index (χ1) is 8.06. The van der Waals surface area contributed by atoms with E-state index in [4.69, 9.17) is 0 Å². The van der Waals surface area contributed by atoms with Gasteiger partial charge in [-0.3, -0.25) is 14.6 Å². The minimum absolute atomic E-state index is 0.0943. The first-order valence-electron chi connectivity index (χ1n) is 5.74. The summed E-state index contributed by atoms with van der Waals surface area (Å²) < 4.78 is 0.